The summed E-state index contributed by atoms with van der Waals surface area (Å²) in [4.78, 5) is 29.9. The Kier molecular flexibility index (Phi) is 11.9. The second-order valence-corrected chi connectivity index (χ2v) is 20.1. The Balaban J connectivity index is 2.22. The van der Waals surface area contributed by atoms with Crippen molar-refractivity contribution in [1.29, 1.82) is 0 Å². The van der Waals surface area contributed by atoms with Gasteiger partial charge in [0.2, 0.25) is 8.32 Å². The first-order valence-electron chi connectivity index (χ1n) is 15.4. The second kappa shape index (κ2) is 14.3. The fraction of sp³-hybridized carbons (Fsp3) is 0.750. The van der Waals surface area contributed by atoms with E-state index in [2.05, 4.69) is 57.5 Å². The van der Waals surface area contributed by atoms with Crippen LogP contribution in [-0.2, 0) is 34.6 Å². The minimum Gasteiger partial charge on any atom is -0.467 e. The van der Waals surface area contributed by atoms with Crippen molar-refractivity contribution >= 4 is 36.3 Å². The molecule has 11 heteroatoms. The van der Waals surface area contributed by atoms with Crippen LogP contribution < -0.4 is 0 Å². The lowest BCUT2D eigenvalue weighted by Crippen LogP contribution is -2.59. The number of amides is 1. The average Bonchev–Trinajstić information content (AvgIpc) is 3.52. The highest BCUT2D eigenvalue weighted by Crippen LogP contribution is 2.49. The van der Waals surface area contributed by atoms with E-state index in [1.165, 1.54) is 13.2 Å². The Morgan fingerprint density at radius 2 is 1.65 bits per heavy atom. The number of halogens is 2. The lowest BCUT2D eigenvalue weighted by Gasteiger charge is -2.45. The van der Waals surface area contributed by atoms with E-state index in [1.54, 1.807) is 37.8 Å². The Morgan fingerprint density at radius 1 is 1.07 bits per heavy atom. The molecule has 0 saturated carbocycles. The van der Waals surface area contributed by atoms with Crippen LogP contribution in [0, 0.1) is 5.82 Å². The van der Waals surface area contributed by atoms with Crippen molar-refractivity contribution in [3.8, 4) is 0 Å². The van der Waals surface area contributed by atoms with Gasteiger partial charge in [0.1, 0.15) is 11.4 Å². The van der Waals surface area contributed by atoms with Crippen LogP contribution in [0.25, 0.3) is 0 Å². The summed E-state index contributed by atoms with van der Waals surface area (Å²) in [6.07, 6.45) is -0.187. The van der Waals surface area contributed by atoms with Crippen molar-refractivity contribution in [1.82, 2.24) is 4.90 Å². The van der Waals surface area contributed by atoms with Gasteiger partial charge in [0, 0.05) is 19.3 Å². The monoisotopic (exact) mass is 687 g/mol. The number of rotatable bonds is 11. The minimum atomic E-state index is -2.47. The molecule has 43 heavy (non-hydrogen) atoms. The second-order valence-electron chi connectivity index (χ2n) is 13.8. The fourth-order valence-corrected chi connectivity index (χ4v) is 13.3. The van der Waals surface area contributed by atoms with E-state index in [1.807, 2.05) is 0 Å². The van der Waals surface area contributed by atoms with Gasteiger partial charge in [-0.15, -0.1) is 0 Å². The van der Waals surface area contributed by atoms with E-state index < -0.39 is 55.8 Å². The Labute approximate surface area is 266 Å². The Hall–Kier alpha value is -1.53. The van der Waals surface area contributed by atoms with E-state index >= 15 is 0 Å². The van der Waals surface area contributed by atoms with Crippen LogP contribution in [0.2, 0.25) is 16.6 Å². The largest absolute Gasteiger partial charge is 0.467 e. The maximum Gasteiger partial charge on any atom is 0.411 e. The number of likely N-dealkylation sites (tertiary alicyclic amines) is 1. The molecule has 2 fully saturated rings. The summed E-state index contributed by atoms with van der Waals surface area (Å²) < 4.78 is 44.9. The highest BCUT2D eigenvalue weighted by molar-refractivity contribution is 9.10. The maximum absolute atomic E-state index is 14.2. The molecule has 244 valence electrons. The average molecular weight is 689 g/mol. The summed E-state index contributed by atoms with van der Waals surface area (Å²) in [5, 5.41) is 0. The molecule has 0 aromatic heterocycles. The smallest absolute Gasteiger partial charge is 0.411 e. The van der Waals surface area contributed by atoms with E-state index in [0.717, 1.165) is 0 Å². The van der Waals surface area contributed by atoms with Crippen molar-refractivity contribution in [3.05, 3.63) is 34.1 Å². The number of hydrogen-bond donors (Lipinski definition) is 0. The molecule has 8 nitrogen and oxygen atoms in total. The molecule has 0 spiro atoms. The third-order valence-electron chi connectivity index (χ3n) is 8.85. The van der Waals surface area contributed by atoms with Crippen LogP contribution in [0.5, 0.6) is 0 Å². The molecule has 3 atom stereocenters. The van der Waals surface area contributed by atoms with Gasteiger partial charge in [0.25, 0.3) is 0 Å². The van der Waals surface area contributed by atoms with Gasteiger partial charge in [-0.1, -0.05) is 47.6 Å². The highest BCUT2D eigenvalue weighted by atomic mass is 79.9. The molecule has 0 unspecified atom stereocenters. The number of esters is 1. The molecule has 0 N–H and O–H groups in total. The Morgan fingerprint density at radius 3 is 2.14 bits per heavy atom. The fourth-order valence-electron chi connectivity index (χ4n) is 7.25. The van der Waals surface area contributed by atoms with Gasteiger partial charge >= 0.3 is 12.1 Å². The van der Waals surface area contributed by atoms with Gasteiger partial charge in [-0.25, -0.2) is 14.0 Å². The SMILES string of the molecule is COC(=O)[C@]1(Cc2ccc(F)c(Br)c2)C[C@H](O[Si](C(C)C)(C(C)C)C(C)C)[C@H](CCC2OCCO2)N1C(=O)OC(C)(C)C. The van der Waals surface area contributed by atoms with E-state index in [-0.39, 0.29) is 33.9 Å². The van der Waals surface area contributed by atoms with Crippen molar-refractivity contribution in [2.45, 2.75) is 134 Å². The molecule has 3 rings (SSSR count). The third kappa shape index (κ3) is 7.83. The first-order chi connectivity index (χ1) is 20.0. The zero-order valence-electron chi connectivity index (χ0n) is 27.5. The number of nitrogens with zero attached hydrogens (tertiary/aromatic N) is 1. The zero-order valence-corrected chi connectivity index (χ0v) is 30.1. The minimum absolute atomic E-state index is 0.101. The van der Waals surface area contributed by atoms with Gasteiger partial charge in [0.05, 0.1) is 36.9 Å². The number of benzene rings is 1. The number of ether oxygens (including phenoxy) is 4. The van der Waals surface area contributed by atoms with Crippen molar-refractivity contribution in [2.24, 2.45) is 0 Å². The Bertz CT molecular complexity index is 1100. The molecule has 0 aliphatic carbocycles. The molecule has 0 bridgehead atoms. The van der Waals surface area contributed by atoms with Crippen LogP contribution in [0.1, 0.15) is 87.1 Å². The summed E-state index contributed by atoms with van der Waals surface area (Å²) in [6, 6.07) is 4.11. The number of carbonyl (C=O) groups is 2. The summed E-state index contributed by atoms with van der Waals surface area (Å²) in [6.45, 7) is 19.7. The van der Waals surface area contributed by atoms with Gasteiger partial charge < -0.3 is 23.4 Å². The van der Waals surface area contributed by atoms with Gasteiger partial charge in [-0.3, -0.25) is 4.90 Å². The van der Waals surface area contributed by atoms with Crippen molar-refractivity contribution in [2.75, 3.05) is 20.3 Å². The zero-order chi connectivity index (χ0) is 32.3. The van der Waals surface area contributed by atoms with Crippen molar-refractivity contribution in [3.63, 3.8) is 0 Å². The van der Waals surface area contributed by atoms with E-state index in [9.17, 15) is 14.0 Å². The van der Waals surface area contributed by atoms with Crippen LogP contribution >= 0.6 is 15.9 Å². The number of carbonyl (C=O) groups excluding carboxylic acids is 2. The molecule has 1 amide bonds. The predicted octanol–water partition coefficient (Wildman–Crippen LogP) is 7.77. The summed E-state index contributed by atoms with van der Waals surface area (Å²) >= 11 is 3.28. The molecular weight excluding hydrogens is 637 g/mol. The highest BCUT2D eigenvalue weighted by Gasteiger charge is 2.62. The molecule has 2 aliphatic rings. The quantitative estimate of drug-likeness (QED) is 0.174. The van der Waals surface area contributed by atoms with Crippen molar-refractivity contribution < 1.29 is 37.4 Å². The molecule has 2 heterocycles. The van der Waals surface area contributed by atoms with E-state index in [0.29, 0.717) is 31.6 Å². The van der Waals surface area contributed by atoms with Crippen LogP contribution in [0.15, 0.2) is 22.7 Å². The van der Waals surface area contributed by atoms with Crippen LogP contribution in [-0.4, -0.2) is 75.2 Å². The predicted molar refractivity (Wildman–Crippen MR) is 170 cm³/mol. The van der Waals surface area contributed by atoms with Gasteiger partial charge in [-0.05, 0) is 77.4 Å². The molecule has 0 radical (unpaired) electrons. The van der Waals surface area contributed by atoms with Gasteiger partial charge in [0.15, 0.2) is 11.8 Å². The standard InChI is InChI=1S/C32H51BrFNO7Si/c1-20(2)43(21(3)4,22(5)6)42-27-19-32(29(36)38-10,18-23-11-12-25(34)24(33)17-23)35(30(37)41-31(7,8)9)26(27)13-14-28-39-15-16-40-28/h11-12,17,20-22,26-28H,13-16,18-19H2,1-10H3/t26-,27-,32-/m0/s1. The van der Waals surface area contributed by atoms with Crippen LogP contribution in [0.4, 0.5) is 9.18 Å². The van der Waals surface area contributed by atoms with E-state index in [4.69, 9.17) is 23.4 Å². The first-order valence-corrected chi connectivity index (χ1v) is 18.4. The third-order valence-corrected chi connectivity index (χ3v) is 15.6. The number of methoxy groups -OCH3 is 1. The number of hydrogen-bond acceptors (Lipinski definition) is 7. The summed E-state index contributed by atoms with van der Waals surface area (Å²) in [5.74, 6) is -0.974. The first kappa shape index (κ1) is 35.9. The molecular formula is C32H51BrFNO7Si. The summed E-state index contributed by atoms with van der Waals surface area (Å²) in [7, 11) is -1.14. The molecule has 1 aromatic rings. The molecule has 2 saturated heterocycles. The van der Waals surface area contributed by atoms with Crippen LogP contribution in [0.3, 0.4) is 0 Å². The normalized spacial score (nSPS) is 23.6. The van der Waals surface area contributed by atoms with Gasteiger partial charge in [-0.2, -0.15) is 0 Å². The topological polar surface area (TPSA) is 83.5 Å². The molecule has 2 aliphatic heterocycles. The maximum atomic E-state index is 14.2. The molecule has 1 aromatic carbocycles. The lowest BCUT2D eigenvalue weighted by atomic mass is 9.87. The summed E-state index contributed by atoms with van der Waals surface area (Å²) in [5.41, 5.74) is -0.742. The lowest BCUT2D eigenvalue weighted by molar-refractivity contribution is -0.154.